The van der Waals surface area contributed by atoms with Crippen LogP contribution < -0.4 is 11.1 Å². The number of nitrogens with two attached hydrogens (primary N) is 1. The van der Waals surface area contributed by atoms with Gasteiger partial charge in [0.2, 0.25) is 0 Å². The average Bonchev–Trinajstić information content (AvgIpc) is 3.11. The van der Waals surface area contributed by atoms with E-state index in [2.05, 4.69) is 17.2 Å². The molecule has 1 amide bonds. The molecule has 3 N–H and O–H groups in total. The maximum absolute atomic E-state index is 11.9. The van der Waals surface area contributed by atoms with Crippen LogP contribution >= 0.6 is 0 Å². The largest absolute Gasteiger partial charge is 0.448 e. The summed E-state index contributed by atoms with van der Waals surface area (Å²) in [5, 5.41) is 2.90. The van der Waals surface area contributed by atoms with Crippen molar-refractivity contribution in [2.24, 2.45) is 5.73 Å². The van der Waals surface area contributed by atoms with Crippen molar-refractivity contribution >= 4 is 5.91 Å². The number of hydrogen-bond donors (Lipinski definition) is 2. The number of carbonyl (C=O) groups is 1. The molecule has 0 aliphatic heterocycles. The third-order valence-electron chi connectivity index (χ3n) is 4.71. The van der Waals surface area contributed by atoms with E-state index >= 15 is 0 Å². The molecule has 1 aromatic heterocycles. The van der Waals surface area contributed by atoms with Gasteiger partial charge in [0.1, 0.15) is 6.26 Å². The number of rotatable bonds is 17. The maximum Gasteiger partial charge on any atom is 0.273 e. The van der Waals surface area contributed by atoms with Crippen molar-refractivity contribution in [2.75, 3.05) is 13.1 Å². The number of carbonyl (C=O) groups excluding carboxylic acids is 1. The minimum absolute atomic E-state index is 0.157. The van der Waals surface area contributed by atoms with E-state index in [-0.39, 0.29) is 5.91 Å². The van der Waals surface area contributed by atoms with Gasteiger partial charge in [-0.1, -0.05) is 84.0 Å². The molecular weight excluding hydrogens is 326 g/mol. The lowest BCUT2D eigenvalue weighted by Gasteiger charge is -2.04. The molecule has 1 aromatic rings. The van der Waals surface area contributed by atoms with E-state index < -0.39 is 0 Å². The molecule has 0 radical (unpaired) electrons. The Morgan fingerprint density at radius 2 is 1.50 bits per heavy atom. The number of amides is 1. The first kappa shape index (κ1) is 22.7. The van der Waals surface area contributed by atoms with E-state index in [1.54, 1.807) is 0 Å². The molecule has 0 aliphatic rings. The van der Waals surface area contributed by atoms with Gasteiger partial charge in [0, 0.05) is 19.5 Å². The fourth-order valence-electron chi connectivity index (χ4n) is 3.09. The summed E-state index contributed by atoms with van der Waals surface area (Å²) in [4.78, 5) is 16.0. The number of hydrogen-bond acceptors (Lipinski definition) is 4. The van der Waals surface area contributed by atoms with Crippen molar-refractivity contribution in [2.45, 2.75) is 96.8 Å². The molecule has 0 spiro atoms. The Labute approximate surface area is 159 Å². The summed E-state index contributed by atoms with van der Waals surface area (Å²) in [6.45, 7) is 3.44. The van der Waals surface area contributed by atoms with Gasteiger partial charge in [-0.15, -0.1) is 0 Å². The number of aromatic nitrogens is 1. The highest BCUT2D eigenvalue weighted by atomic mass is 16.3. The molecule has 0 aromatic carbocycles. The Bertz CT molecular complexity index is 460. The Balaban J connectivity index is 1.86. The lowest BCUT2D eigenvalue weighted by Crippen LogP contribution is -2.24. The first-order valence-electron chi connectivity index (χ1n) is 10.7. The van der Waals surface area contributed by atoms with Gasteiger partial charge in [0.05, 0.1) is 0 Å². The molecule has 0 atom stereocenters. The van der Waals surface area contributed by atoms with Crippen molar-refractivity contribution in [3.63, 3.8) is 0 Å². The Hall–Kier alpha value is -1.36. The van der Waals surface area contributed by atoms with Gasteiger partial charge in [-0.2, -0.15) is 0 Å². The molecule has 0 saturated carbocycles. The van der Waals surface area contributed by atoms with Crippen molar-refractivity contribution in [1.82, 2.24) is 10.3 Å². The van der Waals surface area contributed by atoms with E-state index in [4.69, 9.17) is 10.2 Å². The topological polar surface area (TPSA) is 81.2 Å². The molecule has 0 bridgehead atoms. The van der Waals surface area contributed by atoms with Gasteiger partial charge in [0.15, 0.2) is 11.6 Å². The number of nitrogens with one attached hydrogen (secondary N) is 1. The summed E-state index contributed by atoms with van der Waals surface area (Å²) >= 11 is 0. The summed E-state index contributed by atoms with van der Waals surface area (Å²) in [5.41, 5.74) is 5.79. The monoisotopic (exact) mass is 365 g/mol. The quantitative estimate of drug-likeness (QED) is 0.381. The molecule has 26 heavy (non-hydrogen) atoms. The zero-order valence-electron chi connectivity index (χ0n) is 16.7. The van der Waals surface area contributed by atoms with E-state index in [1.165, 1.54) is 83.3 Å². The number of oxazole rings is 1. The van der Waals surface area contributed by atoms with Crippen molar-refractivity contribution in [3.05, 3.63) is 17.8 Å². The normalized spacial score (nSPS) is 11.0. The van der Waals surface area contributed by atoms with Crippen LogP contribution in [0.15, 0.2) is 10.7 Å². The molecule has 5 heteroatoms. The summed E-state index contributed by atoms with van der Waals surface area (Å²) in [7, 11) is 0. The Morgan fingerprint density at radius 1 is 0.962 bits per heavy atom. The molecule has 0 fully saturated rings. The smallest absolute Gasteiger partial charge is 0.273 e. The molecule has 1 rings (SSSR count). The standard InChI is InChI=1S/C21H39N3O2/c1-2-3-4-5-6-7-8-9-10-11-12-13-14-17-23-21(25)19-18-26-20(24-19)15-16-22/h18H,2-17,22H2,1H3,(H,23,25). The highest BCUT2D eigenvalue weighted by molar-refractivity contribution is 5.91. The molecule has 0 saturated heterocycles. The summed E-state index contributed by atoms with van der Waals surface area (Å²) < 4.78 is 5.20. The highest BCUT2D eigenvalue weighted by Gasteiger charge is 2.10. The lowest BCUT2D eigenvalue weighted by molar-refractivity contribution is 0.0948. The van der Waals surface area contributed by atoms with Gasteiger partial charge in [-0.25, -0.2) is 4.98 Å². The second kappa shape index (κ2) is 15.9. The second-order valence-electron chi connectivity index (χ2n) is 7.16. The maximum atomic E-state index is 11.9. The summed E-state index contributed by atoms with van der Waals surface area (Å²) in [6, 6.07) is 0. The van der Waals surface area contributed by atoms with Gasteiger partial charge >= 0.3 is 0 Å². The van der Waals surface area contributed by atoms with Gasteiger partial charge < -0.3 is 15.5 Å². The molecule has 0 aliphatic carbocycles. The Morgan fingerprint density at radius 3 is 2.04 bits per heavy atom. The lowest BCUT2D eigenvalue weighted by atomic mass is 10.0. The first-order chi connectivity index (χ1) is 12.8. The molecule has 150 valence electrons. The molecule has 0 unspecified atom stereocenters. The fraction of sp³-hybridized carbons (Fsp3) is 0.810. The first-order valence-corrected chi connectivity index (χ1v) is 10.7. The molecule has 5 nitrogen and oxygen atoms in total. The number of nitrogens with zero attached hydrogens (tertiary/aromatic N) is 1. The average molecular weight is 366 g/mol. The van der Waals surface area contributed by atoms with Crippen molar-refractivity contribution in [1.29, 1.82) is 0 Å². The minimum atomic E-state index is -0.157. The van der Waals surface area contributed by atoms with Crippen LogP contribution in [0.5, 0.6) is 0 Å². The summed E-state index contributed by atoms with van der Waals surface area (Å²) in [6.07, 6.45) is 19.3. The third kappa shape index (κ3) is 11.3. The van der Waals surface area contributed by atoms with Gasteiger partial charge in [-0.05, 0) is 6.42 Å². The second-order valence-corrected chi connectivity index (χ2v) is 7.16. The fourth-order valence-corrected chi connectivity index (χ4v) is 3.09. The third-order valence-corrected chi connectivity index (χ3v) is 4.71. The van der Waals surface area contributed by atoms with E-state index in [0.29, 0.717) is 31.1 Å². The van der Waals surface area contributed by atoms with Crippen LogP contribution in [0.25, 0.3) is 0 Å². The van der Waals surface area contributed by atoms with E-state index in [0.717, 1.165) is 6.42 Å². The highest BCUT2D eigenvalue weighted by Crippen LogP contribution is 2.12. The van der Waals surface area contributed by atoms with Crippen LogP contribution in [0.4, 0.5) is 0 Å². The SMILES string of the molecule is CCCCCCCCCCCCCCCNC(=O)c1coc(CCN)n1. The van der Waals surface area contributed by atoms with E-state index in [1.807, 2.05) is 0 Å². The van der Waals surface area contributed by atoms with Gasteiger partial charge in [0.25, 0.3) is 5.91 Å². The zero-order valence-corrected chi connectivity index (χ0v) is 16.7. The van der Waals surface area contributed by atoms with Crippen molar-refractivity contribution < 1.29 is 9.21 Å². The Kier molecular flexibility index (Phi) is 13.8. The van der Waals surface area contributed by atoms with E-state index in [9.17, 15) is 4.79 Å². The van der Waals surface area contributed by atoms with Crippen LogP contribution in [-0.2, 0) is 6.42 Å². The van der Waals surface area contributed by atoms with Crippen molar-refractivity contribution in [3.8, 4) is 0 Å². The van der Waals surface area contributed by atoms with Crippen LogP contribution in [0.3, 0.4) is 0 Å². The predicted octanol–water partition coefficient (Wildman–Crippen LogP) is 5.00. The van der Waals surface area contributed by atoms with Gasteiger partial charge in [-0.3, -0.25) is 4.79 Å². The zero-order chi connectivity index (χ0) is 18.9. The minimum Gasteiger partial charge on any atom is -0.448 e. The van der Waals surface area contributed by atoms with Crippen LogP contribution in [0, 0.1) is 0 Å². The predicted molar refractivity (Wildman–Crippen MR) is 107 cm³/mol. The van der Waals surface area contributed by atoms with Crippen LogP contribution in [-0.4, -0.2) is 24.0 Å². The molecule has 1 heterocycles. The molecular formula is C21H39N3O2. The summed E-state index contributed by atoms with van der Waals surface area (Å²) in [5.74, 6) is 0.370. The van der Waals surface area contributed by atoms with Crippen LogP contribution in [0.1, 0.15) is 107 Å². The number of unbranched alkanes of at least 4 members (excludes halogenated alkanes) is 12. The van der Waals surface area contributed by atoms with Crippen LogP contribution in [0.2, 0.25) is 0 Å².